The second kappa shape index (κ2) is 11.5. The number of ether oxygens (including phenoxy) is 1. The zero-order valence-corrected chi connectivity index (χ0v) is 19.6. The lowest BCUT2D eigenvalue weighted by Gasteiger charge is -2.17. The number of rotatable bonds is 10. The summed E-state index contributed by atoms with van der Waals surface area (Å²) in [5.41, 5.74) is 3.38. The summed E-state index contributed by atoms with van der Waals surface area (Å²) in [5, 5.41) is 12.8. The van der Waals surface area contributed by atoms with Crippen LogP contribution in [0.2, 0.25) is 5.02 Å². The number of carbonyl (C=O) groups excluding carboxylic acids is 1. The molecule has 3 aromatic carbocycles. The average Bonchev–Trinajstić information content (AvgIpc) is 2.80. The van der Waals surface area contributed by atoms with E-state index in [1.54, 1.807) is 30.3 Å². The van der Waals surface area contributed by atoms with Crippen molar-refractivity contribution in [3.8, 4) is 16.9 Å². The summed E-state index contributed by atoms with van der Waals surface area (Å²) < 4.78 is 5.96. The smallest absolute Gasteiger partial charge is 0.335 e. The molecule has 1 atom stereocenters. The number of aromatic carboxylic acids is 1. The van der Waals surface area contributed by atoms with Gasteiger partial charge in [0.2, 0.25) is 0 Å². The van der Waals surface area contributed by atoms with Crippen molar-refractivity contribution in [2.75, 3.05) is 6.54 Å². The van der Waals surface area contributed by atoms with Crippen molar-refractivity contribution in [1.82, 2.24) is 5.32 Å². The molecule has 2 N–H and O–H groups in total. The summed E-state index contributed by atoms with van der Waals surface area (Å²) >= 11 is 6.13. The molecular formula is C27H28ClNO4. The third kappa shape index (κ3) is 6.59. The fraction of sp³-hybridized carbons (Fsp3) is 0.259. The van der Waals surface area contributed by atoms with Gasteiger partial charge in [0.15, 0.2) is 0 Å². The Balaban J connectivity index is 1.76. The van der Waals surface area contributed by atoms with E-state index in [4.69, 9.17) is 16.3 Å². The van der Waals surface area contributed by atoms with Crippen molar-refractivity contribution in [2.24, 2.45) is 0 Å². The van der Waals surface area contributed by atoms with Gasteiger partial charge in [-0.25, -0.2) is 4.79 Å². The van der Waals surface area contributed by atoms with Gasteiger partial charge < -0.3 is 15.2 Å². The molecule has 1 amide bonds. The molecule has 0 spiro atoms. The Hall–Kier alpha value is -3.31. The SMILES string of the molecule is CCCC(C)Oc1ccc(Cl)cc1C(=O)NCCc1cc(C(=O)O)ccc1-c1ccccc1. The van der Waals surface area contributed by atoms with Crippen LogP contribution in [0.4, 0.5) is 0 Å². The van der Waals surface area contributed by atoms with Crippen LogP contribution in [0.15, 0.2) is 66.7 Å². The van der Waals surface area contributed by atoms with Crippen molar-refractivity contribution in [3.05, 3.63) is 88.4 Å². The number of benzene rings is 3. The van der Waals surface area contributed by atoms with Gasteiger partial charge in [0, 0.05) is 11.6 Å². The average molecular weight is 466 g/mol. The first-order chi connectivity index (χ1) is 15.9. The van der Waals surface area contributed by atoms with Crippen LogP contribution in [0.1, 0.15) is 53.0 Å². The Morgan fingerprint density at radius 1 is 1.06 bits per heavy atom. The highest BCUT2D eigenvalue weighted by atomic mass is 35.5. The quantitative estimate of drug-likeness (QED) is 0.371. The number of hydrogen-bond acceptors (Lipinski definition) is 3. The number of carbonyl (C=O) groups is 2. The van der Waals surface area contributed by atoms with Crippen molar-refractivity contribution >= 4 is 23.5 Å². The van der Waals surface area contributed by atoms with Crippen LogP contribution in [0.25, 0.3) is 11.1 Å². The van der Waals surface area contributed by atoms with Crippen LogP contribution in [0.3, 0.4) is 0 Å². The first kappa shape index (κ1) is 24.3. The van der Waals surface area contributed by atoms with Gasteiger partial charge in [0.25, 0.3) is 5.91 Å². The summed E-state index contributed by atoms with van der Waals surface area (Å²) in [6.45, 7) is 4.39. The first-order valence-corrected chi connectivity index (χ1v) is 11.4. The van der Waals surface area contributed by atoms with E-state index in [0.29, 0.717) is 29.3 Å². The molecule has 0 aliphatic rings. The van der Waals surface area contributed by atoms with E-state index in [2.05, 4.69) is 12.2 Å². The van der Waals surface area contributed by atoms with Crippen LogP contribution in [-0.2, 0) is 6.42 Å². The second-order valence-corrected chi connectivity index (χ2v) is 8.34. The molecule has 0 radical (unpaired) electrons. The maximum absolute atomic E-state index is 12.9. The molecule has 1 unspecified atom stereocenters. The number of nitrogens with one attached hydrogen (secondary N) is 1. The molecule has 5 nitrogen and oxygen atoms in total. The maximum atomic E-state index is 12.9. The third-order valence-electron chi connectivity index (χ3n) is 5.33. The van der Waals surface area contributed by atoms with Gasteiger partial charge in [-0.05, 0) is 66.8 Å². The highest BCUT2D eigenvalue weighted by Gasteiger charge is 2.16. The lowest BCUT2D eigenvalue weighted by atomic mass is 9.95. The van der Waals surface area contributed by atoms with Crippen LogP contribution >= 0.6 is 11.6 Å². The largest absolute Gasteiger partial charge is 0.490 e. The molecule has 0 fully saturated rings. The zero-order valence-electron chi connectivity index (χ0n) is 18.8. The highest BCUT2D eigenvalue weighted by Crippen LogP contribution is 2.26. The number of amides is 1. The fourth-order valence-corrected chi connectivity index (χ4v) is 3.88. The third-order valence-corrected chi connectivity index (χ3v) is 5.56. The zero-order chi connectivity index (χ0) is 23.8. The van der Waals surface area contributed by atoms with E-state index in [9.17, 15) is 14.7 Å². The van der Waals surface area contributed by atoms with E-state index in [0.717, 1.165) is 29.5 Å². The molecular weight excluding hydrogens is 438 g/mol. The molecule has 0 saturated carbocycles. The monoisotopic (exact) mass is 465 g/mol. The molecule has 0 heterocycles. The van der Waals surface area contributed by atoms with Crippen molar-refractivity contribution in [2.45, 2.75) is 39.2 Å². The first-order valence-electron chi connectivity index (χ1n) is 11.0. The van der Waals surface area contributed by atoms with Gasteiger partial charge in [-0.2, -0.15) is 0 Å². The van der Waals surface area contributed by atoms with Gasteiger partial charge in [-0.3, -0.25) is 4.79 Å². The van der Waals surface area contributed by atoms with E-state index in [1.165, 1.54) is 0 Å². The number of hydrogen-bond donors (Lipinski definition) is 2. The molecule has 172 valence electrons. The summed E-state index contributed by atoms with van der Waals surface area (Å²) in [7, 11) is 0. The van der Waals surface area contributed by atoms with Gasteiger partial charge in [0.05, 0.1) is 17.2 Å². The van der Waals surface area contributed by atoms with Crippen LogP contribution in [0, 0.1) is 0 Å². The van der Waals surface area contributed by atoms with Crippen LogP contribution < -0.4 is 10.1 Å². The second-order valence-electron chi connectivity index (χ2n) is 7.91. The molecule has 0 saturated heterocycles. The molecule has 0 aliphatic carbocycles. The van der Waals surface area contributed by atoms with Crippen LogP contribution in [-0.4, -0.2) is 29.6 Å². The molecule has 6 heteroatoms. The number of halogens is 1. The Bertz CT molecular complexity index is 1110. The van der Waals surface area contributed by atoms with Crippen molar-refractivity contribution < 1.29 is 19.4 Å². The minimum absolute atomic E-state index is 0.0186. The summed E-state index contributed by atoms with van der Waals surface area (Å²) in [6.07, 6.45) is 2.32. The predicted octanol–water partition coefficient (Wildman–Crippen LogP) is 6.25. The van der Waals surface area contributed by atoms with E-state index in [1.807, 2.05) is 43.3 Å². The number of carboxylic acid groups (broad SMARTS) is 1. The number of carboxylic acids is 1. The lowest BCUT2D eigenvalue weighted by Crippen LogP contribution is -2.27. The Morgan fingerprint density at radius 2 is 1.82 bits per heavy atom. The van der Waals surface area contributed by atoms with E-state index in [-0.39, 0.29) is 17.6 Å². The van der Waals surface area contributed by atoms with Gasteiger partial charge in [-0.1, -0.05) is 61.3 Å². The summed E-state index contributed by atoms with van der Waals surface area (Å²) in [5.74, 6) is -0.774. The topological polar surface area (TPSA) is 75.6 Å². The molecule has 0 aromatic heterocycles. The normalized spacial score (nSPS) is 11.6. The van der Waals surface area contributed by atoms with Crippen molar-refractivity contribution in [3.63, 3.8) is 0 Å². The van der Waals surface area contributed by atoms with Crippen LogP contribution in [0.5, 0.6) is 5.75 Å². The summed E-state index contributed by atoms with van der Waals surface area (Å²) in [4.78, 5) is 24.4. The van der Waals surface area contributed by atoms with Gasteiger partial charge in [0.1, 0.15) is 5.75 Å². The molecule has 3 rings (SSSR count). The Labute approximate surface area is 199 Å². The summed E-state index contributed by atoms with van der Waals surface area (Å²) in [6, 6.07) is 19.9. The molecule has 33 heavy (non-hydrogen) atoms. The molecule has 0 aliphatic heterocycles. The minimum Gasteiger partial charge on any atom is -0.490 e. The van der Waals surface area contributed by atoms with E-state index >= 15 is 0 Å². The molecule has 3 aromatic rings. The van der Waals surface area contributed by atoms with Crippen molar-refractivity contribution in [1.29, 1.82) is 0 Å². The van der Waals surface area contributed by atoms with Gasteiger partial charge in [-0.15, -0.1) is 0 Å². The van der Waals surface area contributed by atoms with Gasteiger partial charge >= 0.3 is 5.97 Å². The Morgan fingerprint density at radius 3 is 2.52 bits per heavy atom. The maximum Gasteiger partial charge on any atom is 0.335 e. The minimum atomic E-state index is -0.984. The predicted molar refractivity (Wildman–Crippen MR) is 131 cm³/mol. The Kier molecular flexibility index (Phi) is 8.50. The highest BCUT2D eigenvalue weighted by molar-refractivity contribution is 6.31. The van der Waals surface area contributed by atoms with E-state index < -0.39 is 5.97 Å². The fourth-order valence-electron chi connectivity index (χ4n) is 3.70. The lowest BCUT2D eigenvalue weighted by molar-refractivity contribution is 0.0696. The molecule has 0 bridgehead atoms. The standard InChI is InChI=1S/C27H28ClNO4/c1-3-7-18(2)33-25-13-11-22(28)17-24(25)26(30)29-15-14-20-16-21(27(31)32)10-12-23(20)19-8-5-4-6-9-19/h4-6,8-13,16-18H,3,7,14-15H2,1-2H3,(H,29,30)(H,31,32).